The lowest BCUT2D eigenvalue weighted by Crippen LogP contribution is -2.43. The molecule has 1 heterocycles. The average Bonchev–Trinajstić information content (AvgIpc) is 2.87. The van der Waals surface area contributed by atoms with E-state index in [4.69, 9.17) is 10.7 Å². The Morgan fingerprint density at radius 1 is 1.00 bits per heavy atom. The van der Waals surface area contributed by atoms with Gasteiger partial charge in [0.25, 0.3) is 0 Å². The lowest BCUT2D eigenvalue weighted by atomic mass is 9.68. The van der Waals surface area contributed by atoms with E-state index in [9.17, 15) is 0 Å². The fourth-order valence-electron chi connectivity index (χ4n) is 3.34. The third-order valence-corrected chi connectivity index (χ3v) is 4.75. The summed E-state index contributed by atoms with van der Waals surface area (Å²) in [7, 11) is 0. The van der Waals surface area contributed by atoms with Crippen LogP contribution in [-0.2, 0) is 5.41 Å². The molecule has 3 aromatic rings. The van der Waals surface area contributed by atoms with Crippen LogP contribution in [-0.4, -0.2) is 16.1 Å². The Morgan fingerprint density at radius 3 is 2.38 bits per heavy atom. The highest BCUT2D eigenvalue weighted by Gasteiger charge is 2.41. The molecule has 2 N–H and O–H groups in total. The smallest absolute Gasteiger partial charge is 0.121 e. The Bertz CT molecular complexity index is 764. The zero-order valence-corrected chi connectivity index (χ0v) is 12.0. The number of hydrogen-bond donors (Lipinski definition) is 1. The second-order valence-electron chi connectivity index (χ2n) is 5.93. The number of rotatable bonds is 3. The maximum atomic E-state index is 6.12. The predicted molar refractivity (Wildman–Crippen MR) is 85.7 cm³/mol. The zero-order valence-electron chi connectivity index (χ0n) is 12.0. The fourth-order valence-corrected chi connectivity index (χ4v) is 3.34. The molecule has 0 aliphatic heterocycles. The molecule has 0 spiro atoms. The number of nitrogens with zero attached hydrogens (tertiary/aromatic N) is 2. The van der Waals surface area contributed by atoms with E-state index in [1.54, 1.807) is 0 Å². The highest BCUT2D eigenvalue weighted by Crippen LogP contribution is 2.44. The quantitative estimate of drug-likeness (QED) is 0.797. The van der Waals surface area contributed by atoms with Gasteiger partial charge >= 0.3 is 0 Å². The van der Waals surface area contributed by atoms with E-state index in [-0.39, 0.29) is 5.41 Å². The van der Waals surface area contributed by atoms with Gasteiger partial charge in [-0.15, -0.1) is 0 Å². The SMILES string of the molecule is NCC1(c2nc3ccccc3n2-c2ccccc2)CCC1. The van der Waals surface area contributed by atoms with Crippen molar-refractivity contribution in [1.29, 1.82) is 0 Å². The standard InChI is InChI=1S/C18H19N3/c19-13-18(11-6-12-18)17-20-15-9-4-5-10-16(15)21(17)14-7-2-1-3-8-14/h1-5,7-10H,6,11-13,19H2. The molecule has 3 nitrogen and oxygen atoms in total. The molecule has 2 aromatic carbocycles. The maximum Gasteiger partial charge on any atom is 0.121 e. The van der Waals surface area contributed by atoms with Gasteiger partial charge in [0, 0.05) is 17.6 Å². The van der Waals surface area contributed by atoms with Gasteiger partial charge in [-0.1, -0.05) is 36.8 Å². The van der Waals surface area contributed by atoms with Crippen molar-refractivity contribution in [3.8, 4) is 5.69 Å². The van der Waals surface area contributed by atoms with Crippen molar-refractivity contribution in [1.82, 2.24) is 9.55 Å². The van der Waals surface area contributed by atoms with Crippen molar-refractivity contribution in [3.05, 3.63) is 60.4 Å². The first-order valence-corrected chi connectivity index (χ1v) is 7.57. The monoisotopic (exact) mass is 277 g/mol. The summed E-state index contributed by atoms with van der Waals surface area (Å²) < 4.78 is 2.29. The highest BCUT2D eigenvalue weighted by molar-refractivity contribution is 5.78. The Morgan fingerprint density at radius 2 is 1.71 bits per heavy atom. The van der Waals surface area contributed by atoms with Crippen LogP contribution < -0.4 is 5.73 Å². The highest BCUT2D eigenvalue weighted by atomic mass is 15.1. The lowest BCUT2D eigenvalue weighted by molar-refractivity contribution is 0.236. The van der Waals surface area contributed by atoms with Crippen molar-refractivity contribution in [2.45, 2.75) is 24.7 Å². The summed E-state index contributed by atoms with van der Waals surface area (Å²) in [6.45, 7) is 0.670. The van der Waals surface area contributed by atoms with E-state index in [0.29, 0.717) is 6.54 Å². The number of benzene rings is 2. The number of aromatic nitrogens is 2. The van der Waals surface area contributed by atoms with Gasteiger partial charge in [-0.25, -0.2) is 4.98 Å². The van der Waals surface area contributed by atoms with Crippen LogP contribution in [0.1, 0.15) is 25.1 Å². The number of fused-ring (bicyclic) bond motifs is 1. The molecule has 0 unspecified atom stereocenters. The van der Waals surface area contributed by atoms with Crippen LogP contribution in [0.15, 0.2) is 54.6 Å². The normalized spacial score (nSPS) is 16.8. The van der Waals surface area contributed by atoms with Gasteiger partial charge in [0.2, 0.25) is 0 Å². The Labute approximate surface area is 124 Å². The van der Waals surface area contributed by atoms with Gasteiger partial charge < -0.3 is 5.73 Å². The van der Waals surface area contributed by atoms with Crippen molar-refractivity contribution in [2.75, 3.05) is 6.54 Å². The third kappa shape index (κ3) is 1.81. The second-order valence-corrected chi connectivity index (χ2v) is 5.93. The molecule has 1 aliphatic carbocycles. The zero-order chi connectivity index (χ0) is 14.3. The van der Waals surface area contributed by atoms with Gasteiger partial charge in [-0.05, 0) is 37.1 Å². The molecule has 1 aliphatic rings. The summed E-state index contributed by atoms with van der Waals surface area (Å²) >= 11 is 0. The van der Waals surface area contributed by atoms with E-state index in [1.165, 1.54) is 17.6 Å². The minimum atomic E-state index is 0.0505. The summed E-state index contributed by atoms with van der Waals surface area (Å²) in [6, 6.07) is 18.8. The number of imidazole rings is 1. The molecule has 3 heteroatoms. The minimum Gasteiger partial charge on any atom is -0.329 e. The van der Waals surface area contributed by atoms with Gasteiger partial charge in [0.1, 0.15) is 5.82 Å². The van der Waals surface area contributed by atoms with Crippen LogP contribution in [0, 0.1) is 0 Å². The van der Waals surface area contributed by atoms with E-state index in [1.807, 2.05) is 12.1 Å². The van der Waals surface area contributed by atoms with Crippen LogP contribution >= 0.6 is 0 Å². The molecular formula is C18H19N3. The van der Waals surface area contributed by atoms with Crippen LogP contribution in [0.25, 0.3) is 16.7 Å². The maximum absolute atomic E-state index is 6.12. The van der Waals surface area contributed by atoms with Gasteiger partial charge in [-0.2, -0.15) is 0 Å². The van der Waals surface area contributed by atoms with Crippen molar-refractivity contribution in [2.24, 2.45) is 5.73 Å². The molecule has 1 aromatic heterocycles. The molecule has 0 atom stereocenters. The fraction of sp³-hybridized carbons (Fsp3) is 0.278. The number of nitrogens with two attached hydrogens (primary N) is 1. The molecule has 0 radical (unpaired) electrons. The van der Waals surface area contributed by atoms with Crippen LogP contribution in [0.3, 0.4) is 0 Å². The van der Waals surface area contributed by atoms with E-state index < -0.39 is 0 Å². The Hall–Kier alpha value is -2.13. The summed E-state index contributed by atoms with van der Waals surface area (Å²) in [5.41, 5.74) is 9.55. The van der Waals surface area contributed by atoms with Crippen LogP contribution in [0.2, 0.25) is 0 Å². The molecular weight excluding hydrogens is 258 g/mol. The summed E-state index contributed by atoms with van der Waals surface area (Å²) in [6.07, 6.45) is 3.52. The summed E-state index contributed by atoms with van der Waals surface area (Å²) in [4.78, 5) is 4.94. The molecule has 1 saturated carbocycles. The van der Waals surface area contributed by atoms with Crippen molar-refractivity contribution >= 4 is 11.0 Å². The Balaban J connectivity index is 2.02. The third-order valence-electron chi connectivity index (χ3n) is 4.75. The van der Waals surface area contributed by atoms with Crippen molar-refractivity contribution < 1.29 is 0 Å². The van der Waals surface area contributed by atoms with Crippen LogP contribution in [0.4, 0.5) is 0 Å². The lowest BCUT2D eigenvalue weighted by Gasteiger charge is -2.40. The largest absolute Gasteiger partial charge is 0.329 e. The van der Waals surface area contributed by atoms with E-state index in [2.05, 4.69) is 47.0 Å². The number of para-hydroxylation sites is 3. The molecule has 4 rings (SSSR count). The average molecular weight is 277 g/mol. The molecule has 106 valence electrons. The first-order valence-electron chi connectivity index (χ1n) is 7.57. The van der Waals surface area contributed by atoms with Gasteiger partial charge in [-0.3, -0.25) is 4.57 Å². The molecule has 1 fully saturated rings. The van der Waals surface area contributed by atoms with Crippen LogP contribution in [0.5, 0.6) is 0 Å². The molecule has 0 saturated heterocycles. The predicted octanol–water partition coefficient (Wildman–Crippen LogP) is 3.41. The number of hydrogen-bond acceptors (Lipinski definition) is 2. The van der Waals surface area contributed by atoms with E-state index in [0.717, 1.165) is 24.2 Å². The summed E-state index contributed by atoms with van der Waals surface area (Å²) in [5.74, 6) is 1.13. The minimum absolute atomic E-state index is 0.0505. The van der Waals surface area contributed by atoms with E-state index >= 15 is 0 Å². The first kappa shape index (κ1) is 12.6. The summed E-state index contributed by atoms with van der Waals surface area (Å²) in [5, 5.41) is 0. The van der Waals surface area contributed by atoms with Crippen molar-refractivity contribution in [3.63, 3.8) is 0 Å². The molecule has 0 amide bonds. The van der Waals surface area contributed by atoms with Gasteiger partial charge in [0.15, 0.2) is 0 Å². The first-order chi connectivity index (χ1) is 10.3. The Kier molecular flexibility index (Phi) is 2.82. The van der Waals surface area contributed by atoms with Gasteiger partial charge in [0.05, 0.1) is 11.0 Å². The topological polar surface area (TPSA) is 43.8 Å². The second kappa shape index (κ2) is 4.71. The molecule has 0 bridgehead atoms. The molecule has 21 heavy (non-hydrogen) atoms.